The van der Waals surface area contributed by atoms with Gasteiger partial charge in [0.1, 0.15) is 11.5 Å². The molecule has 0 aliphatic carbocycles. The smallest absolute Gasteiger partial charge is 0.453 e. The standard InChI is InChI=1S/C14H8ClF3N4OS/c15-9-3-1-2-8(6-9)11-5-4-10(23-11)7-19-22-12(14(16,17)18)20-21-13(22)24/h1-7H,(H,21,24). The van der Waals surface area contributed by atoms with Crippen molar-refractivity contribution >= 4 is 30.0 Å². The Morgan fingerprint density at radius 3 is 2.79 bits per heavy atom. The average Bonchev–Trinajstić information content (AvgIpc) is 3.11. The molecule has 0 aliphatic heterocycles. The quantitative estimate of drug-likeness (QED) is 0.533. The molecule has 1 aromatic carbocycles. The number of halogens is 4. The molecule has 124 valence electrons. The summed E-state index contributed by atoms with van der Waals surface area (Å²) < 4.78 is 44.1. The summed E-state index contributed by atoms with van der Waals surface area (Å²) in [6, 6.07) is 10.2. The van der Waals surface area contributed by atoms with Crippen molar-refractivity contribution in [3.63, 3.8) is 0 Å². The molecule has 0 saturated carbocycles. The van der Waals surface area contributed by atoms with Crippen LogP contribution in [0.3, 0.4) is 0 Å². The van der Waals surface area contributed by atoms with Gasteiger partial charge in [-0.2, -0.15) is 22.9 Å². The van der Waals surface area contributed by atoms with Crippen LogP contribution < -0.4 is 0 Å². The number of hydrogen-bond donors (Lipinski definition) is 1. The third kappa shape index (κ3) is 3.41. The molecule has 2 aromatic heterocycles. The molecular weight excluding hydrogens is 365 g/mol. The lowest BCUT2D eigenvalue weighted by Gasteiger charge is -2.03. The number of H-pyrrole nitrogens is 1. The van der Waals surface area contributed by atoms with E-state index in [1.165, 1.54) is 0 Å². The molecule has 0 aliphatic rings. The molecule has 0 radical (unpaired) electrons. The van der Waals surface area contributed by atoms with Gasteiger partial charge in [-0.15, -0.1) is 5.10 Å². The number of benzene rings is 1. The topological polar surface area (TPSA) is 59.1 Å². The Balaban J connectivity index is 1.90. The molecule has 0 bridgehead atoms. The maximum absolute atomic E-state index is 12.8. The van der Waals surface area contributed by atoms with Crippen LogP contribution in [0.1, 0.15) is 11.6 Å². The zero-order valence-electron chi connectivity index (χ0n) is 11.7. The highest BCUT2D eigenvalue weighted by Gasteiger charge is 2.37. The molecule has 0 unspecified atom stereocenters. The third-order valence-corrected chi connectivity index (χ3v) is 3.44. The zero-order chi connectivity index (χ0) is 17.3. The second-order valence-corrected chi connectivity index (χ2v) is 5.44. The van der Waals surface area contributed by atoms with E-state index in [-0.39, 0.29) is 10.5 Å². The highest BCUT2D eigenvalue weighted by molar-refractivity contribution is 7.71. The normalized spacial score (nSPS) is 12.2. The Bertz CT molecular complexity index is 957. The maximum atomic E-state index is 12.8. The lowest BCUT2D eigenvalue weighted by Crippen LogP contribution is -2.12. The monoisotopic (exact) mass is 372 g/mol. The molecule has 3 rings (SSSR count). The number of aromatic amines is 1. The van der Waals surface area contributed by atoms with Gasteiger partial charge in [-0.1, -0.05) is 23.7 Å². The summed E-state index contributed by atoms with van der Waals surface area (Å²) >= 11 is 10.6. The minimum absolute atomic E-state index is 0.251. The summed E-state index contributed by atoms with van der Waals surface area (Å²) in [7, 11) is 0. The van der Waals surface area contributed by atoms with Crippen molar-refractivity contribution in [1.29, 1.82) is 0 Å². The highest BCUT2D eigenvalue weighted by Crippen LogP contribution is 2.27. The summed E-state index contributed by atoms with van der Waals surface area (Å²) in [4.78, 5) is 0. The van der Waals surface area contributed by atoms with Crippen LogP contribution in [0.4, 0.5) is 13.2 Å². The van der Waals surface area contributed by atoms with Crippen LogP contribution in [-0.2, 0) is 6.18 Å². The lowest BCUT2D eigenvalue weighted by molar-refractivity contribution is -0.147. The van der Waals surface area contributed by atoms with Crippen molar-refractivity contribution in [3.05, 3.63) is 57.8 Å². The second-order valence-electron chi connectivity index (χ2n) is 4.62. The number of rotatable bonds is 3. The van der Waals surface area contributed by atoms with Crippen LogP contribution in [0.15, 0.2) is 45.9 Å². The Kier molecular flexibility index (Phi) is 4.29. The van der Waals surface area contributed by atoms with Crippen molar-refractivity contribution in [2.45, 2.75) is 6.18 Å². The first kappa shape index (κ1) is 16.5. The van der Waals surface area contributed by atoms with E-state index < -0.39 is 12.0 Å². The number of aromatic nitrogens is 3. The van der Waals surface area contributed by atoms with Crippen LogP contribution in [0.2, 0.25) is 5.02 Å². The van der Waals surface area contributed by atoms with E-state index in [0.29, 0.717) is 15.5 Å². The van der Waals surface area contributed by atoms with Crippen LogP contribution in [0.5, 0.6) is 0 Å². The van der Waals surface area contributed by atoms with Gasteiger partial charge in [-0.3, -0.25) is 0 Å². The molecule has 0 amide bonds. The predicted molar refractivity (Wildman–Crippen MR) is 84.6 cm³/mol. The number of hydrogen-bond acceptors (Lipinski definition) is 4. The minimum Gasteiger partial charge on any atom is -0.455 e. The first-order valence-electron chi connectivity index (χ1n) is 6.49. The molecule has 3 aromatic rings. The van der Waals surface area contributed by atoms with Crippen molar-refractivity contribution < 1.29 is 17.6 Å². The summed E-state index contributed by atoms with van der Waals surface area (Å²) in [6.07, 6.45) is -3.56. The van der Waals surface area contributed by atoms with E-state index in [9.17, 15) is 13.2 Å². The summed E-state index contributed by atoms with van der Waals surface area (Å²) in [6.45, 7) is 0. The minimum atomic E-state index is -4.68. The van der Waals surface area contributed by atoms with E-state index in [0.717, 1.165) is 11.8 Å². The SMILES string of the molecule is FC(F)(F)c1n[nH]c(=S)n1N=Cc1ccc(-c2cccc(Cl)c2)o1. The fourth-order valence-electron chi connectivity index (χ4n) is 1.92. The molecular formula is C14H8ClF3N4OS. The van der Waals surface area contributed by atoms with Crippen molar-refractivity contribution in [2.75, 3.05) is 0 Å². The van der Waals surface area contributed by atoms with E-state index >= 15 is 0 Å². The summed E-state index contributed by atoms with van der Waals surface area (Å²) in [5.41, 5.74) is 0.734. The van der Waals surface area contributed by atoms with Gasteiger partial charge in [0.05, 0.1) is 6.21 Å². The Labute approximate surface area is 143 Å². The number of nitrogens with one attached hydrogen (secondary N) is 1. The zero-order valence-corrected chi connectivity index (χ0v) is 13.3. The maximum Gasteiger partial charge on any atom is 0.453 e. The van der Waals surface area contributed by atoms with Gasteiger partial charge in [0, 0.05) is 10.6 Å². The molecule has 10 heteroatoms. The first-order chi connectivity index (χ1) is 11.3. The summed E-state index contributed by atoms with van der Waals surface area (Å²) in [5, 5.41) is 9.40. The Morgan fingerprint density at radius 1 is 1.29 bits per heavy atom. The highest BCUT2D eigenvalue weighted by atomic mass is 35.5. The summed E-state index contributed by atoms with van der Waals surface area (Å²) in [5.74, 6) is -0.489. The van der Waals surface area contributed by atoms with E-state index in [4.69, 9.17) is 28.2 Å². The Morgan fingerprint density at radius 2 is 2.08 bits per heavy atom. The van der Waals surface area contributed by atoms with Crippen molar-refractivity contribution in [1.82, 2.24) is 14.9 Å². The van der Waals surface area contributed by atoms with E-state index in [2.05, 4.69) is 15.3 Å². The molecule has 0 fully saturated rings. The number of furan rings is 1. The fraction of sp³-hybridized carbons (Fsp3) is 0.0714. The van der Waals surface area contributed by atoms with Crippen LogP contribution in [0, 0.1) is 4.77 Å². The van der Waals surface area contributed by atoms with Crippen LogP contribution >= 0.6 is 23.8 Å². The van der Waals surface area contributed by atoms with Gasteiger partial charge in [-0.25, -0.2) is 5.10 Å². The molecule has 1 N–H and O–H groups in total. The van der Waals surface area contributed by atoms with Crippen molar-refractivity contribution in [3.8, 4) is 11.3 Å². The average molecular weight is 373 g/mol. The predicted octanol–water partition coefficient (Wildman–Crippen LogP) is 4.76. The second kappa shape index (κ2) is 6.25. The molecule has 0 saturated heterocycles. The van der Waals surface area contributed by atoms with Crippen molar-refractivity contribution in [2.24, 2.45) is 5.10 Å². The van der Waals surface area contributed by atoms with Gasteiger partial charge in [0.25, 0.3) is 5.82 Å². The van der Waals surface area contributed by atoms with E-state index in [1.54, 1.807) is 36.4 Å². The number of nitrogens with zero attached hydrogens (tertiary/aromatic N) is 3. The molecule has 24 heavy (non-hydrogen) atoms. The van der Waals surface area contributed by atoms with Gasteiger partial charge >= 0.3 is 6.18 Å². The molecule has 5 nitrogen and oxygen atoms in total. The molecule has 0 atom stereocenters. The van der Waals surface area contributed by atoms with Gasteiger partial charge in [0.2, 0.25) is 4.77 Å². The van der Waals surface area contributed by atoms with Gasteiger partial charge in [0.15, 0.2) is 0 Å². The van der Waals surface area contributed by atoms with Gasteiger partial charge in [-0.05, 0) is 36.5 Å². The third-order valence-electron chi connectivity index (χ3n) is 2.94. The molecule has 0 spiro atoms. The Hall–Kier alpha value is -2.39. The van der Waals surface area contributed by atoms with Gasteiger partial charge < -0.3 is 4.42 Å². The van der Waals surface area contributed by atoms with E-state index in [1.807, 2.05) is 0 Å². The lowest BCUT2D eigenvalue weighted by atomic mass is 10.2. The fourth-order valence-corrected chi connectivity index (χ4v) is 2.29. The number of alkyl halides is 3. The molecule has 2 heterocycles. The first-order valence-corrected chi connectivity index (χ1v) is 7.28. The van der Waals surface area contributed by atoms with Crippen LogP contribution in [0.25, 0.3) is 11.3 Å². The largest absolute Gasteiger partial charge is 0.455 e. The van der Waals surface area contributed by atoms with Crippen LogP contribution in [-0.4, -0.2) is 21.1 Å².